The number of hydrogen-bond acceptors (Lipinski definition) is 4. The van der Waals surface area contributed by atoms with E-state index < -0.39 is 0 Å². The van der Waals surface area contributed by atoms with Crippen LogP contribution in [0, 0.1) is 5.41 Å². The van der Waals surface area contributed by atoms with Crippen LogP contribution in [0.5, 0.6) is 0 Å². The average molecular weight is 470 g/mol. The molecular weight excluding hydrogens is 450 g/mol. The molecule has 1 atom stereocenters. The smallest absolute Gasteiger partial charge is 0.154 e. The van der Waals surface area contributed by atoms with Crippen LogP contribution in [0.1, 0.15) is 20.3 Å². The van der Waals surface area contributed by atoms with Crippen molar-refractivity contribution in [3.63, 3.8) is 0 Å². The summed E-state index contributed by atoms with van der Waals surface area (Å²) in [5, 5.41) is 9.99. The Balaban J connectivity index is 2.00. The van der Waals surface area contributed by atoms with E-state index in [0.717, 1.165) is 43.2 Å². The zero-order chi connectivity index (χ0) is 19.7. The molecule has 142 valence electrons. The second kappa shape index (κ2) is 8.23. The minimum absolute atomic E-state index is 0.478. The Labute approximate surface area is 181 Å². The lowest BCUT2D eigenvalue weighted by Crippen LogP contribution is -2.03. The van der Waals surface area contributed by atoms with Gasteiger partial charge in [0.2, 0.25) is 0 Å². The predicted octanol–water partition coefficient (Wildman–Crippen LogP) is 6.89. The van der Waals surface area contributed by atoms with Crippen LogP contribution in [0.4, 0.5) is 0 Å². The molecule has 0 saturated carbocycles. The Kier molecular flexibility index (Phi) is 5.71. The Morgan fingerprint density at radius 2 is 1.86 bits per heavy atom. The Morgan fingerprint density at radius 3 is 2.54 bits per heavy atom. The van der Waals surface area contributed by atoms with Crippen molar-refractivity contribution >= 4 is 50.1 Å². The molecule has 0 aliphatic heterocycles. The molecule has 2 aromatic heterocycles. The van der Waals surface area contributed by atoms with E-state index in [-0.39, 0.29) is 0 Å². The normalized spacial score (nSPS) is 12.4. The highest BCUT2D eigenvalue weighted by Gasteiger charge is 2.17. The number of halogens is 1. The Hall–Kier alpha value is -1.89. The topological polar surface area (TPSA) is 41.7 Å². The van der Waals surface area contributed by atoms with Gasteiger partial charge in [0, 0.05) is 15.4 Å². The van der Waals surface area contributed by atoms with Crippen molar-refractivity contribution in [2.24, 2.45) is 0 Å². The summed E-state index contributed by atoms with van der Waals surface area (Å²) < 4.78 is 4.73. The van der Waals surface area contributed by atoms with Crippen molar-refractivity contribution in [3.05, 3.63) is 69.8 Å². The van der Waals surface area contributed by atoms with Gasteiger partial charge in [0.1, 0.15) is 10.3 Å². The van der Waals surface area contributed by atoms with Crippen LogP contribution < -0.4 is 4.67 Å². The molecule has 4 aromatic rings. The summed E-state index contributed by atoms with van der Waals surface area (Å²) in [7, 11) is 0. The molecule has 4 rings (SSSR count). The van der Waals surface area contributed by atoms with E-state index in [9.17, 15) is 0 Å². The summed E-state index contributed by atoms with van der Waals surface area (Å²) >= 11 is 6.73. The van der Waals surface area contributed by atoms with Gasteiger partial charge in [-0.2, -0.15) is 0 Å². The molecule has 0 amide bonds. The molecule has 1 N–H and O–H groups in total. The van der Waals surface area contributed by atoms with Gasteiger partial charge in [0.15, 0.2) is 4.34 Å². The van der Waals surface area contributed by atoms with Crippen LogP contribution >= 0.6 is 39.0 Å². The third-order valence-corrected chi connectivity index (χ3v) is 7.42. The first kappa shape index (κ1) is 19.4. The number of nitrogens with one attached hydrogen (secondary N) is 1. The second-order valence-corrected chi connectivity index (χ2v) is 10.2. The Bertz CT molecular complexity index is 1160. The van der Waals surface area contributed by atoms with Crippen molar-refractivity contribution < 1.29 is 0 Å². The van der Waals surface area contributed by atoms with Gasteiger partial charge in [-0.05, 0) is 42.3 Å². The van der Waals surface area contributed by atoms with Gasteiger partial charge in [0.05, 0.1) is 11.1 Å². The summed E-state index contributed by atoms with van der Waals surface area (Å²) in [6.45, 7) is 4.39. The molecule has 2 aromatic carbocycles. The first-order valence-electron chi connectivity index (χ1n) is 9.16. The molecule has 0 saturated heterocycles. The summed E-state index contributed by atoms with van der Waals surface area (Å²) in [5.74, 6) is 0. The molecule has 6 heteroatoms. The molecule has 0 radical (unpaired) electrons. The quantitative estimate of drug-likeness (QED) is 0.323. The van der Waals surface area contributed by atoms with Crippen LogP contribution in [0.3, 0.4) is 0 Å². The maximum Gasteiger partial charge on any atom is 0.154 e. The summed E-state index contributed by atoms with van der Waals surface area (Å²) in [5.41, 5.74) is 4.05. The van der Waals surface area contributed by atoms with Crippen molar-refractivity contribution in [3.8, 4) is 16.9 Å². The van der Waals surface area contributed by atoms with Crippen LogP contribution in [0.2, 0.25) is 0 Å². The monoisotopic (exact) mass is 469 g/mol. The number of fused-ring (bicyclic) bond motifs is 1. The van der Waals surface area contributed by atoms with E-state index >= 15 is 0 Å². The summed E-state index contributed by atoms with van der Waals surface area (Å²) in [6.07, 6.45) is 1.08. The van der Waals surface area contributed by atoms with Crippen molar-refractivity contribution in [1.82, 2.24) is 9.55 Å². The highest BCUT2D eigenvalue weighted by molar-refractivity contribution is 9.10. The molecule has 0 aliphatic carbocycles. The zero-order valence-corrected chi connectivity index (χ0v) is 18.9. The van der Waals surface area contributed by atoms with Gasteiger partial charge in [0.25, 0.3) is 0 Å². The predicted molar refractivity (Wildman–Crippen MR) is 124 cm³/mol. The molecule has 1 unspecified atom stereocenters. The Morgan fingerprint density at radius 1 is 1.14 bits per heavy atom. The third-order valence-electron chi connectivity index (χ3n) is 4.64. The largest absolute Gasteiger partial charge is 0.294 e. The number of thioether (sulfide) groups is 1. The van der Waals surface area contributed by atoms with Gasteiger partial charge < -0.3 is 0 Å². The lowest BCUT2D eigenvalue weighted by Gasteiger charge is -2.12. The van der Waals surface area contributed by atoms with E-state index in [1.165, 1.54) is 11.3 Å². The lowest BCUT2D eigenvalue weighted by molar-refractivity contribution is 0.904. The van der Waals surface area contributed by atoms with Crippen molar-refractivity contribution in [1.29, 1.82) is 5.41 Å². The van der Waals surface area contributed by atoms with Crippen LogP contribution in [0.15, 0.2) is 69.5 Å². The maximum absolute atomic E-state index is 8.62. The van der Waals surface area contributed by atoms with E-state index in [0.29, 0.717) is 9.92 Å². The molecule has 0 aliphatic rings. The number of rotatable bonds is 5. The van der Waals surface area contributed by atoms with Crippen LogP contribution in [-0.4, -0.2) is 14.8 Å². The highest BCUT2D eigenvalue weighted by atomic mass is 79.9. The summed E-state index contributed by atoms with van der Waals surface area (Å²) in [4.78, 5) is 4.98. The molecule has 3 nitrogen and oxygen atoms in total. The first-order valence-corrected chi connectivity index (χ1v) is 11.6. The fraction of sp³-hybridized carbons (Fsp3) is 0.182. The van der Waals surface area contributed by atoms with Gasteiger partial charge in [-0.3, -0.25) is 9.98 Å². The lowest BCUT2D eigenvalue weighted by atomic mass is 10.1. The van der Waals surface area contributed by atoms with Crippen molar-refractivity contribution in [2.75, 3.05) is 0 Å². The fourth-order valence-electron chi connectivity index (χ4n) is 3.01. The second-order valence-electron chi connectivity index (χ2n) is 6.59. The van der Waals surface area contributed by atoms with E-state index in [4.69, 9.17) is 10.4 Å². The number of hydrogen-bond donors (Lipinski definition) is 1. The minimum Gasteiger partial charge on any atom is -0.294 e. The zero-order valence-electron chi connectivity index (χ0n) is 15.6. The molecule has 0 spiro atoms. The number of para-hydroxylation sites is 1. The van der Waals surface area contributed by atoms with E-state index in [2.05, 4.69) is 64.7 Å². The fourth-order valence-corrected chi connectivity index (χ4v) is 5.42. The van der Waals surface area contributed by atoms with Gasteiger partial charge in [-0.15, -0.1) is 0 Å². The average Bonchev–Trinajstić information content (AvgIpc) is 3.09. The van der Waals surface area contributed by atoms with Gasteiger partial charge in [-0.25, -0.2) is 4.98 Å². The maximum atomic E-state index is 8.62. The van der Waals surface area contributed by atoms with Crippen LogP contribution in [0.25, 0.3) is 28.0 Å². The first-order chi connectivity index (χ1) is 13.6. The highest BCUT2D eigenvalue weighted by Crippen LogP contribution is 2.33. The molecular formula is C22H20BrN3S2. The van der Waals surface area contributed by atoms with Crippen molar-refractivity contribution in [2.45, 2.75) is 29.9 Å². The number of nitrogens with zero attached hydrogens (tertiary/aromatic N) is 2. The number of benzene rings is 2. The molecule has 28 heavy (non-hydrogen) atoms. The minimum atomic E-state index is 0.478. The third kappa shape index (κ3) is 3.81. The van der Waals surface area contributed by atoms with E-state index in [1.54, 1.807) is 11.8 Å². The molecule has 2 heterocycles. The van der Waals surface area contributed by atoms with E-state index in [1.807, 2.05) is 30.3 Å². The standard InChI is InChI=1S/C22H20BrN3S2/c1-3-14(2)27-22-25-21-18(20(24)28-22)13-19(15-9-11-16(23)12-10-15)26(21)17-7-5-4-6-8-17/h4-14,24H,3H2,1-2H3. The summed E-state index contributed by atoms with van der Waals surface area (Å²) in [6, 6.07) is 20.6. The SMILES string of the molecule is CCC(C)Sc1nc2c(cc(-c3ccc(Br)cc3)n2-c2ccccc2)c(=N)s1. The molecule has 0 bridgehead atoms. The number of aromatic nitrogens is 2. The van der Waals surface area contributed by atoms with Gasteiger partial charge >= 0.3 is 0 Å². The molecule has 0 fully saturated rings. The van der Waals surface area contributed by atoms with Gasteiger partial charge in [-0.1, -0.05) is 83.2 Å². The van der Waals surface area contributed by atoms with Crippen LogP contribution in [-0.2, 0) is 0 Å².